The minimum absolute atomic E-state index is 0.0863. The van der Waals surface area contributed by atoms with Gasteiger partial charge in [0, 0.05) is 31.8 Å². The van der Waals surface area contributed by atoms with Gasteiger partial charge in [-0.25, -0.2) is 19.3 Å². The molecule has 3 heterocycles. The van der Waals surface area contributed by atoms with Crippen molar-refractivity contribution in [1.82, 2.24) is 28.2 Å². The Balaban J connectivity index is 1.75. The van der Waals surface area contributed by atoms with Crippen LogP contribution in [-0.4, -0.2) is 38.9 Å². The maximum Gasteiger partial charge on any atom is 0.342 e. The number of thioether (sulfide) groups is 1. The number of aromatic nitrogens is 6. The van der Waals surface area contributed by atoms with Crippen molar-refractivity contribution in [1.29, 1.82) is 0 Å². The lowest BCUT2D eigenvalue weighted by molar-refractivity contribution is -0.392. The van der Waals surface area contributed by atoms with E-state index in [9.17, 15) is 19.7 Å². The molecule has 0 bridgehead atoms. The number of rotatable bonds is 7. The van der Waals surface area contributed by atoms with Crippen molar-refractivity contribution in [2.24, 2.45) is 14.1 Å². The topological polar surface area (TPSA) is 123 Å². The highest BCUT2D eigenvalue weighted by atomic mass is 35.5. The summed E-state index contributed by atoms with van der Waals surface area (Å²) >= 11 is 7.47. The first-order valence-electron chi connectivity index (χ1n) is 9.89. The minimum atomic E-state index is -0.474. The number of nitrogens with zero attached hydrogens (tertiary/aromatic N) is 7. The molecular weight excluding hydrogens is 470 g/mol. The fourth-order valence-electron chi connectivity index (χ4n) is 3.61. The van der Waals surface area contributed by atoms with Gasteiger partial charge in [0.1, 0.15) is 12.7 Å². The van der Waals surface area contributed by atoms with E-state index in [4.69, 9.17) is 11.6 Å². The quantitative estimate of drug-likeness (QED) is 0.222. The molecule has 0 unspecified atom stereocenters. The largest absolute Gasteiger partial charge is 0.358 e. The lowest BCUT2D eigenvalue weighted by Gasteiger charge is -2.10. The van der Waals surface area contributed by atoms with Crippen LogP contribution < -0.4 is 11.2 Å². The number of nitro groups is 1. The summed E-state index contributed by atoms with van der Waals surface area (Å²) < 4.78 is 5.65. The third-order valence-corrected chi connectivity index (χ3v) is 6.50. The summed E-state index contributed by atoms with van der Waals surface area (Å²) in [4.78, 5) is 44.8. The van der Waals surface area contributed by atoms with Gasteiger partial charge in [0.25, 0.3) is 5.56 Å². The number of aryl methyl sites for hydroxylation is 2. The summed E-state index contributed by atoms with van der Waals surface area (Å²) in [5.41, 5.74) is 0.515. The van der Waals surface area contributed by atoms with Crippen molar-refractivity contribution < 1.29 is 4.92 Å². The highest BCUT2D eigenvalue weighted by Crippen LogP contribution is 2.25. The zero-order valence-corrected chi connectivity index (χ0v) is 19.6. The molecule has 11 nitrogen and oxygen atoms in total. The Morgan fingerprint density at radius 3 is 2.64 bits per heavy atom. The van der Waals surface area contributed by atoms with E-state index in [0.29, 0.717) is 40.4 Å². The molecule has 1 aromatic carbocycles. The van der Waals surface area contributed by atoms with Gasteiger partial charge in [-0.05, 0) is 22.6 Å². The van der Waals surface area contributed by atoms with Gasteiger partial charge in [-0.3, -0.25) is 13.9 Å². The average Bonchev–Trinajstić information content (AvgIpc) is 3.32. The van der Waals surface area contributed by atoms with Crippen LogP contribution in [0.5, 0.6) is 0 Å². The lowest BCUT2D eigenvalue weighted by atomic mass is 10.2. The van der Waals surface area contributed by atoms with Crippen LogP contribution >= 0.6 is 23.4 Å². The van der Waals surface area contributed by atoms with Gasteiger partial charge in [0.05, 0.1) is 6.54 Å². The second-order valence-electron chi connectivity index (χ2n) is 7.41. The van der Waals surface area contributed by atoms with Crippen molar-refractivity contribution >= 4 is 40.3 Å². The fraction of sp³-hybridized carbons (Fsp3) is 0.300. The van der Waals surface area contributed by atoms with Crippen molar-refractivity contribution in [3.05, 3.63) is 77.8 Å². The first-order chi connectivity index (χ1) is 15.7. The molecule has 3 aromatic heterocycles. The molecule has 0 radical (unpaired) electrons. The van der Waals surface area contributed by atoms with Crippen molar-refractivity contribution in [2.45, 2.75) is 25.2 Å². The molecule has 13 heteroatoms. The van der Waals surface area contributed by atoms with Crippen LogP contribution in [0.2, 0.25) is 5.02 Å². The maximum atomic E-state index is 13.0. The fourth-order valence-corrected chi connectivity index (χ4v) is 4.74. The van der Waals surface area contributed by atoms with Gasteiger partial charge in [0.15, 0.2) is 22.1 Å². The number of hydrogen-bond donors (Lipinski definition) is 0. The van der Waals surface area contributed by atoms with E-state index < -0.39 is 16.2 Å². The van der Waals surface area contributed by atoms with Gasteiger partial charge in [-0.2, -0.15) is 0 Å². The Hall–Kier alpha value is -3.38. The van der Waals surface area contributed by atoms with Gasteiger partial charge >= 0.3 is 11.5 Å². The molecule has 172 valence electrons. The van der Waals surface area contributed by atoms with E-state index in [0.717, 1.165) is 10.1 Å². The predicted molar refractivity (Wildman–Crippen MR) is 125 cm³/mol. The maximum absolute atomic E-state index is 13.0. The molecule has 0 saturated carbocycles. The van der Waals surface area contributed by atoms with Gasteiger partial charge in [-0.1, -0.05) is 35.5 Å². The summed E-state index contributed by atoms with van der Waals surface area (Å²) in [5.74, 6) is 0.883. The molecule has 0 atom stereocenters. The Labute approximate surface area is 196 Å². The van der Waals surface area contributed by atoms with Crippen LogP contribution in [0.15, 0.2) is 45.2 Å². The first-order valence-corrected chi connectivity index (χ1v) is 11.3. The van der Waals surface area contributed by atoms with E-state index in [-0.39, 0.29) is 11.5 Å². The summed E-state index contributed by atoms with van der Waals surface area (Å²) in [5, 5.41) is 12.3. The number of benzene rings is 1. The van der Waals surface area contributed by atoms with Crippen molar-refractivity contribution in [3.8, 4) is 0 Å². The molecule has 0 amide bonds. The molecule has 4 aromatic rings. The Morgan fingerprint density at radius 1 is 1.18 bits per heavy atom. The van der Waals surface area contributed by atoms with E-state index in [1.165, 1.54) is 34.1 Å². The van der Waals surface area contributed by atoms with Crippen molar-refractivity contribution in [3.63, 3.8) is 0 Å². The molecular formula is C20H20ClN7O4S. The van der Waals surface area contributed by atoms with Crippen LogP contribution in [0.3, 0.4) is 0 Å². The number of fused-ring (bicyclic) bond motifs is 1. The van der Waals surface area contributed by atoms with Crippen LogP contribution in [0.1, 0.15) is 11.4 Å². The highest BCUT2D eigenvalue weighted by molar-refractivity contribution is 7.99. The lowest BCUT2D eigenvalue weighted by Crippen LogP contribution is -2.37. The number of imidazole rings is 2. The second-order valence-corrected chi connectivity index (χ2v) is 8.91. The predicted octanol–water partition coefficient (Wildman–Crippen LogP) is 2.34. The Morgan fingerprint density at radius 2 is 1.94 bits per heavy atom. The summed E-state index contributed by atoms with van der Waals surface area (Å²) in [6, 6.07) is 7.26. The van der Waals surface area contributed by atoms with E-state index in [2.05, 4.69) is 9.97 Å². The van der Waals surface area contributed by atoms with Crippen LogP contribution in [0.4, 0.5) is 5.82 Å². The molecule has 4 rings (SSSR count). The van der Waals surface area contributed by atoms with Gasteiger partial charge in [-0.15, -0.1) is 0 Å². The molecule has 33 heavy (non-hydrogen) atoms. The van der Waals surface area contributed by atoms with E-state index in [1.54, 1.807) is 30.7 Å². The normalized spacial score (nSPS) is 11.4. The second kappa shape index (κ2) is 8.87. The molecule has 0 aliphatic heterocycles. The van der Waals surface area contributed by atoms with Crippen LogP contribution in [0.25, 0.3) is 11.2 Å². The zero-order chi connectivity index (χ0) is 23.9. The number of hydrogen-bond acceptors (Lipinski definition) is 7. The number of halogens is 1. The van der Waals surface area contributed by atoms with Gasteiger partial charge in [0.2, 0.25) is 0 Å². The highest BCUT2D eigenvalue weighted by Gasteiger charge is 2.21. The zero-order valence-electron chi connectivity index (χ0n) is 18.1. The SMILES string of the molecule is Cc1ncc([N+](=O)[O-])n1CCSc1nc2c(c(=O)n(C)c(=O)n2C)n1Cc1cccc(Cl)c1. The third-order valence-electron chi connectivity index (χ3n) is 5.31. The first kappa shape index (κ1) is 22.8. The van der Waals surface area contributed by atoms with Crippen molar-refractivity contribution in [2.75, 3.05) is 5.75 Å². The monoisotopic (exact) mass is 489 g/mol. The van der Waals surface area contributed by atoms with Crippen LogP contribution in [-0.2, 0) is 27.2 Å². The molecule has 0 spiro atoms. The standard InChI is InChI=1S/C20H20ClN7O4S/c1-12-22-10-15(28(31)32)26(12)7-8-33-19-23-17-16(18(29)25(3)20(30)24(17)2)27(19)11-13-5-4-6-14(21)9-13/h4-6,9-10H,7-8,11H2,1-3H3. The Bertz CT molecular complexity index is 1500. The molecule has 0 aliphatic rings. The van der Waals surface area contributed by atoms with Gasteiger partial charge < -0.3 is 14.7 Å². The molecule has 0 saturated heterocycles. The summed E-state index contributed by atoms with van der Waals surface area (Å²) in [7, 11) is 2.99. The summed E-state index contributed by atoms with van der Waals surface area (Å²) in [6.07, 6.45) is 1.23. The molecule has 0 fully saturated rings. The smallest absolute Gasteiger partial charge is 0.342 e. The average molecular weight is 490 g/mol. The van der Waals surface area contributed by atoms with Crippen LogP contribution in [0, 0.1) is 17.0 Å². The Kier molecular flexibility index (Phi) is 6.13. The van der Waals surface area contributed by atoms with E-state index in [1.807, 2.05) is 12.1 Å². The minimum Gasteiger partial charge on any atom is -0.358 e. The van der Waals surface area contributed by atoms with E-state index >= 15 is 0 Å². The molecule has 0 aliphatic carbocycles. The molecule has 0 N–H and O–H groups in total. The third kappa shape index (κ3) is 4.18. The summed E-state index contributed by atoms with van der Waals surface area (Å²) in [6.45, 7) is 2.34.